The van der Waals surface area contributed by atoms with E-state index >= 15 is 0 Å². The number of carbonyl (C=O) groups excluding carboxylic acids is 1. The number of hydrogen-bond donors (Lipinski definition) is 0. The second kappa shape index (κ2) is 2.95. The number of para-hydroxylation sites is 1. The summed E-state index contributed by atoms with van der Waals surface area (Å²) < 4.78 is 6.54. The molecule has 3 rings (SSSR count). The summed E-state index contributed by atoms with van der Waals surface area (Å²) in [5.74, 6) is -0.300. The first kappa shape index (κ1) is 8.23. The van der Waals surface area contributed by atoms with Crippen LogP contribution < -0.4 is 0 Å². The molecule has 1 aromatic carbocycles. The highest BCUT2D eigenvalue weighted by atomic mass is 16.5. The Bertz CT molecular complexity index is 517. The first-order valence-corrected chi connectivity index (χ1v) is 4.66. The Kier molecular flexibility index (Phi) is 1.62. The number of aromatic nitrogens is 2. The van der Waals surface area contributed by atoms with E-state index in [1.807, 2.05) is 30.3 Å². The number of fused-ring (bicyclic) bond motifs is 1. The number of carbonyl (C=O) groups is 1. The van der Waals surface area contributed by atoms with E-state index in [4.69, 9.17) is 4.74 Å². The lowest BCUT2D eigenvalue weighted by molar-refractivity contribution is 0.0525. The van der Waals surface area contributed by atoms with Gasteiger partial charge in [-0.1, -0.05) is 18.2 Å². The van der Waals surface area contributed by atoms with Crippen LogP contribution in [0, 0.1) is 0 Å². The molecule has 2 heterocycles. The normalized spacial score (nSPS) is 13.7. The number of benzene rings is 1. The SMILES string of the molecule is O=C1OCc2cnn(-c3ccccc3)c21. The van der Waals surface area contributed by atoms with Crippen LogP contribution in [-0.4, -0.2) is 15.7 Å². The van der Waals surface area contributed by atoms with Crippen molar-refractivity contribution in [2.24, 2.45) is 0 Å². The van der Waals surface area contributed by atoms with Gasteiger partial charge in [0.05, 0.1) is 11.9 Å². The van der Waals surface area contributed by atoms with E-state index < -0.39 is 0 Å². The van der Waals surface area contributed by atoms with Gasteiger partial charge < -0.3 is 4.74 Å². The van der Waals surface area contributed by atoms with Crippen molar-refractivity contribution < 1.29 is 9.53 Å². The van der Waals surface area contributed by atoms with Gasteiger partial charge in [0.2, 0.25) is 0 Å². The van der Waals surface area contributed by atoms with Gasteiger partial charge in [0, 0.05) is 5.56 Å². The number of rotatable bonds is 1. The second-order valence-electron chi connectivity index (χ2n) is 3.34. The van der Waals surface area contributed by atoms with Crippen molar-refractivity contribution in [2.45, 2.75) is 6.61 Å². The molecular weight excluding hydrogens is 192 g/mol. The summed E-state index contributed by atoms with van der Waals surface area (Å²) in [5.41, 5.74) is 2.27. The molecule has 0 N–H and O–H groups in total. The lowest BCUT2D eigenvalue weighted by atomic mass is 10.3. The molecule has 15 heavy (non-hydrogen) atoms. The standard InChI is InChI=1S/C11H8N2O2/c14-11-10-8(7-15-11)6-12-13(10)9-4-2-1-3-5-9/h1-6H,7H2. The lowest BCUT2D eigenvalue weighted by Gasteiger charge is -2.02. The molecule has 0 radical (unpaired) electrons. The van der Waals surface area contributed by atoms with Crippen LogP contribution in [0.5, 0.6) is 0 Å². The summed E-state index contributed by atoms with van der Waals surface area (Å²) >= 11 is 0. The Morgan fingerprint density at radius 2 is 2.07 bits per heavy atom. The monoisotopic (exact) mass is 200 g/mol. The fourth-order valence-corrected chi connectivity index (χ4v) is 1.68. The van der Waals surface area contributed by atoms with Crippen LogP contribution in [0.2, 0.25) is 0 Å². The van der Waals surface area contributed by atoms with E-state index in [0.29, 0.717) is 12.3 Å². The first-order chi connectivity index (χ1) is 7.36. The predicted molar refractivity (Wildman–Crippen MR) is 52.7 cm³/mol. The molecule has 0 amide bonds. The number of hydrogen-bond acceptors (Lipinski definition) is 3. The van der Waals surface area contributed by atoms with Crippen LogP contribution in [0.1, 0.15) is 16.1 Å². The number of cyclic esters (lactones) is 1. The van der Waals surface area contributed by atoms with Crippen molar-refractivity contribution >= 4 is 5.97 Å². The zero-order valence-corrected chi connectivity index (χ0v) is 7.88. The Morgan fingerprint density at radius 1 is 1.27 bits per heavy atom. The highest BCUT2D eigenvalue weighted by Crippen LogP contribution is 2.21. The van der Waals surface area contributed by atoms with Crippen molar-refractivity contribution in [1.82, 2.24) is 9.78 Å². The quantitative estimate of drug-likeness (QED) is 0.656. The Balaban J connectivity index is 2.19. The third-order valence-corrected chi connectivity index (χ3v) is 2.40. The molecule has 0 unspecified atom stereocenters. The van der Waals surface area contributed by atoms with Gasteiger partial charge in [-0.25, -0.2) is 9.48 Å². The zero-order chi connectivity index (χ0) is 10.3. The molecule has 0 bridgehead atoms. The molecule has 0 saturated heterocycles. The average molecular weight is 200 g/mol. The molecule has 0 atom stereocenters. The van der Waals surface area contributed by atoms with Crippen LogP contribution in [0.3, 0.4) is 0 Å². The van der Waals surface area contributed by atoms with E-state index in [9.17, 15) is 4.79 Å². The van der Waals surface area contributed by atoms with Crippen molar-refractivity contribution in [2.75, 3.05) is 0 Å². The summed E-state index contributed by atoms with van der Waals surface area (Å²) in [6.45, 7) is 0.334. The minimum absolute atomic E-state index is 0.300. The summed E-state index contributed by atoms with van der Waals surface area (Å²) in [7, 11) is 0. The lowest BCUT2D eigenvalue weighted by Crippen LogP contribution is -2.06. The predicted octanol–water partition coefficient (Wildman–Crippen LogP) is 1.54. The third kappa shape index (κ3) is 1.15. The van der Waals surface area contributed by atoms with Crippen molar-refractivity contribution in [1.29, 1.82) is 0 Å². The first-order valence-electron chi connectivity index (χ1n) is 4.66. The van der Waals surface area contributed by atoms with Gasteiger partial charge in [-0.2, -0.15) is 5.10 Å². The Morgan fingerprint density at radius 3 is 2.87 bits per heavy atom. The molecule has 0 fully saturated rings. The van der Waals surface area contributed by atoms with E-state index in [0.717, 1.165) is 11.3 Å². The molecule has 1 aliphatic heterocycles. The van der Waals surface area contributed by atoms with Crippen molar-refractivity contribution in [3.8, 4) is 5.69 Å². The maximum atomic E-state index is 11.4. The molecule has 0 spiro atoms. The molecule has 1 aromatic heterocycles. The van der Waals surface area contributed by atoms with Gasteiger partial charge in [-0.05, 0) is 12.1 Å². The smallest absolute Gasteiger partial charge is 0.357 e. The van der Waals surface area contributed by atoms with Crippen LogP contribution >= 0.6 is 0 Å². The van der Waals surface area contributed by atoms with Crippen LogP contribution in [-0.2, 0) is 11.3 Å². The van der Waals surface area contributed by atoms with Gasteiger partial charge >= 0.3 is 5.97 Å². The fourth-order valence-electron chi connectivity index (χ4n) is 1.68. The van der Waals surface area contributed by atoms with Gasteiger partial charge in [0.1, 0.15) is 6.61 Å². The largest absolute Gasteiger partial charge is 0.456 e. The number of nitrogens with zero attached hydrogens (tertiary/aromatic N) is 2. The van der Waals surface area contributed by atoms with E-state index in [2.05, 4.69) is 5.10 Å². The summed E-state index contributed by atoms with van der Waals surface area (Å²) in [6.07, 6.45) is 1.67. The Hall–Kier alpha value is -2.10. The highest BCUT2D eigenvalue weighted by Gasteiger charge is 2.27. The maximum Gasteiger partial charge on any atom is 0.357 e. The maximum absolute atomic E-state index is 11.4. The molecule has 0 aliphatic carbocycles. The van der Waals surface area contributed by atoms with Crippen LogP contribution in [0.15, 0.2) is 36.5 Å². The third-order valence-electron chi connectivity index (χ3n) is 2.40. The number of esters is 1. The molecule has 4 heteroatoms. The molecule has 2 aromatic rings. The average Bonchev–Trinajstić information content (AvgIpc) is 2.84. The van der Waals surface area contributed by atoms with Crippen molar-refractivity contribution in [3.05, 3.63) is 47.8 Å². The fraction of sp³-hybridized carbons (Fsp3) is 0.0909. The van der Waals surface area contributed by atoms with Crippen LogP contribution in [0.4, 0.5) is 0 Å². The zero-order valence-electron chi connectivity index (χ0n) is 7.88. The molecular formula is C11H8N2O2. The summed E-state index contributed by atoms with van der Waals surface area (Å²) in [4.78, 5) is 11.4. The Labute approximate surface area is 86.1 Å². The highest BCUT2D eigenvalue weighted by molar-refractivity contribution is 5.92. The number of ether oxygens (including phenoxy) is 1. The van der Waals surface area contributed by atoms with Crippen molar-refractivity contribution in [3.63, 3.8) is 0 Å². The van der Waals surface area contributed by atoms with Crippen LogP contribution in [0.25, 0.3) is 5.69 Å². The molecule has 0 saturated carbocycles. The topological polar surface area (TPSA) is 44.1 Å². The van der Waals surface area contributed by atoms with E-state index in [1.165, 1.54) is 0 Å². The minimum atomic E-state index is -0.300. The van der Waals surface area contributed by atoms with E-state index in [1.54, 1.807) is 10.9 Å². The minimum Gasteiger partial charge on any atom is -0.456 e. The van der Waals surface area contributed by atoms with E-state index in [-0.39, 0.29) is 5.97 Å². The molecule has 4 nitrogen and oxygen atoms in total. The van der Waals surface area contributed by atoms with Gasteiger partial charge in [-0.15, -0.1) is 0 Å². The second-order valence-corrected chi connectivity index (χ2v) is 3.34. The van der Waals surface area contributed by atoms with Gasteiger partial charge in [-0.3, -0.25) is 0 Å². The molecule has 1 aliphatic rings. The summed E-state index contributed by atoms with van der Waals surface area (Å²) in [5, 5.41) is 4.17. The summed E-state index contributed by atoms with van der Waals surface area (Å²) in [6, 6.07) is 9.54. The van der Waals surface area contributed by atoms with Gasteiger partial charge in [0.25, 0.3) is 0 Å². The molecule has 74 valence electrons. The van der Waals surface area contributed by atoms with Gasteiger partial charge in [0.15, 0.2) is 5.69 Å².